The van der Waals surface area contributed by atoms with Gasteiger partial charge in [-0.3, -0.25) is 9.59 Å². The summed E-state index contributed by atoms with van der Waals surface area (Å²) in [6.07, 6.45) is 3.71. The number of methoxy groups -OCH3 is 2. The van der Waals surface area contributed by atoms with Crippen LogP contribution in [0.5, 0.6) is 28.7 Å². The highest BCUT2D eigenvalue weighted by Crippen LogP contribution is 2.56. The number of esters is 1. The Morgan fingerprint density at radius 2 is 1.59 bits per heavy atom. The number of aromatic hydroxyl groups is 1. The number of amides is 1. The van der Waals surface area contributed by atoms with Crippen molar-refractivity contribution in [1.82, 2.24) is 4.90 Å². The van der Waals surface area contributed by atoms with Gasteiger partial charge < -0.3 is 39.0 Å². The van der Waals surface area contributed by atoms with E-state index >= 15 is 0 Å². The van der Waals surface area contributed by atoms with Gasteiger partial charge in [0.2, 0.25) is 18.4 Å². The maximum atomic E-state index is 13.4. The zero-order chi connectivity index (χ0) is 30.4. The SMILES string of the molecule is COc1cc([C@@H]2c3cc4c(cc3[C@@H](Nc3ccc(CC(=O)N5CCCCC5)cc3)[C@H]3COC(=O)[C@H]23)OCO4)cc(OC)c1O. The molecule has 2 N–H and O–H groups in total. The molecule has 7 rings (SSSR count). The fraction of sp³-hybridized carbons (Fsp3) is 0.412. The normalized spacial score (nSPS) is 23.4. The lowest BCUT2D eigenvalue weighted by Gasteiger charge is -2.40. The van der Waals surface area contributed by atoms with Crippen LogP contribution in [0.25, 0.3) is 0 Å². The number of fused-ring (bicyclic) bond motifs is 3. The van der Waals surface area contributed by atoms with Crippen LogP contribution < -0.4 is 24.3 Å². The third-order valence-corrected chi connectivity index (χ3v) is 9.39. The number of cyclic esters (lactones) is 1. The van der Waals surface area contributed by atoms with Crippen LogP contribution in [-0.2, 0) is 20.7 Å². The van der Waals surface area contributed by atoms with E-state index in [1.807, 2.05) is 41.3 Å². The number of ether oxygens (including phenoxy) is 5. The molecule has 3 aromatic rings. The molecule has 0 unspecified atom stereocenters. The molecule has 2 fully saturated rings. The van der Waals surface area contributed by atoms with Gasteiger partial charge in [-0.05, 0) is 77.9 Å². The van der Waals surface area contributed by atoms with E-state index in [-0.39, 0.29) is 54.5 Å². The number of benzene rings is 3. The minimum absolute atomic E-state index is 0.105. The molecule has 3 heterocycles. The van der Waals surface area contributed by atoms with Crippen LogP contribution in [0.2, 0.25) is 0 Å². The molecule has 10 nitrogen and oxygen atoms in total. The Morgan fingerprint density at radius 3 is 2.25 bits per heavy atom. The Balaban J connectivity index is 1.24. The minimum atomic E-state index is -0.513. The molecule has 1 aliphatic carbocycles. The summed E-state index contributed by atoms with van der Waals surface area (Å²) in [5.74, 6) is 0.409. The molecule has 4 atom stereocenters. The van der Waals surface area contributed by atoms with Crippen molar-refractivity contribution in [2.75, 3.05) is 46.0 Å². The number of nitrogens with zero attached hydrogens (tertiary/aromatic N) is 1. The Morgan fingerprint density at radius 1 is 0.932 bits per heavy atom. The molecule has 1 amide bonds. The topological polar surface area (TPSA) is 116 Å². The summed E-state index contributed by atoms with van der Waals surface area (Å²) in [5, 5.41) is 14.3. The molecule has 0 radical (unpaired) electrons. The molecule has 230 valence electrons. The number of phenolic OH excluding ortho intramolecular Hbond substituents is 1. The number of carbonyl (C=O) groups excluding carboxylic acids is 2. The van der Waals surface area contributed by atoms with Crippen LogP contribution in [0.15, 0.2) is 48.5 Å². The van der Waals surface area contributed by atoms with Gasteiger partial charge in [-0.2, -0.15) is 0 Å². The van der Waals surface area contributed by atoms with Crippen LogP contribution >= 0.6 is 0 Å². The average Bonchev–Trinajstić information content (AvgIpc) is 3.68. The van der Waals surface area contributed by atoms with Crippen LogP contribution in [-0.4, -0.2) is 62.6 Å². The predicted octanol–water partition coefficient (Wildman–Crippen LogP) is 4.78. The third-order valence-electron chi connectivity index (χ3n) is 9.39. The Hall–Kier alpha value is -4.60. The Kier molecular flexibility index (Phi) is 7.35. The number of anilines is 1. The lowest BCUT2D eigenvalue weighted by molar-refractivity contribution is -0.141. The number of hydrogen-bond acceptors (Lipinski definition) is 9. The number of piperidine rings is 1. The summed E-state index contributed by atoms with van der Waals surface area (Å²) in [7, 11) is 2.96. The standard InChI is InChI=1S/C34H36N2O8/c1-40-27-13-20(14-28(41-2)33(27)38)30-22-15-25-26(44-18-43-25)16-23(22)32(24-17-42-34(39)31(24)30)35-21-8-6-19(7-9-21)12-29(37)36-10-4-3-5-11-36/h6-9,13-16,24,30-32,35,38H,3-5,10-12,17-18H2,1-2H3/t24-,30+,31-,32+/m0/s1. The number of phenols is 1. The summed E-state index contributed by atoms with van der Waals surface area (Å²) in [6, 6.07) is 15.1. The fourth-order valence-electron chi connectivity index (χ4n) is 7.17. The molecular formula is C34H36N2O8. The molecular weight excluding hydrogens is 564 g/mol. The van der Waals surface area contributed by atoms with Gasteiger partial charge in [0.1, 0.15) is 0 Å². The smallest absolute Gasteiger partial charge is 0.310 e. The van der Waals surface area contributed by atoms with Gasteiger partial charge in [-0.1, -0.05) is 12.1 Å². The van der Waals surface area contributed by atoms with Crippen molar-refractivity contribution >= 4 is 17.6 Å². The van der Waals surface area contributed by atoms with E-state index in [2.05, 4.69) is 5.32 Å². The van der Waals surface area contributed by atoms with Crippen molar-refractivity contribution in [3.05, 3.63) is 70.8 Å². The lowest BCUT2D eigenvalue weighted by atomic mass is 9.65. The van der Waals surface area contributed by atoms with Gasteiger partial charge in [0.05, 0.1) is 39.2 Å². The molecule has 4 aliphatic rings. The lowest BCUT2D eigenvalue weighted by Crippen LogP contribution is -2.37. The average molecular weight is 601 g/mol. The molecule has 3 aromatic carbocycles. The molecule has 44 heavy (non-hydrogen) atoms. The van der Waals surface area contributed by atoms with Crippen LogP contribution in [0.4, 0.5) is 5.69 Å². The first kappa shape index (κ1) is 28.2. The third kappa shape index (κ3) is 4.92. The van der Waals surface area contributed by atoms with Crippen molar-refractivity contribution < 1.29 is 38.4 Å². The number of carbonyl (C=O) groups is 2. The molecule has 0 spiro atoms. The minimum Gasteiger partial charge on any atom is -0.502 e. The van der Waals surface area contributed by atoms with Gasteiger partial charge in [-0.25, -0.2) is 0 Å². The zero-order valence-electron chi connectivity index (χ0n) is 24.8. The van der Waals surface area contributed by atoms with E-state index in [0.717, 1.165) is 53.9 Å². The molecule has 3 aliphatic heterocycles. The number of nitrogens with one attached hydrogen (secondary N) is 1. The highest BCUT2D eigenvalue weighted by Gasteiger charge is 2.52. The molecule has 0 aromatic heterocycles. The van der Waals surface area contributed by atoms with Crippen LogP contribution in [0, 0.1) is 11.8 Å². The van der Waals surface area contributed by atoms with E-state index in [0.29, 0.717) is 17.9 Å². The highest BCUT2D eigenvalue weighted by molar-refractivity contribution is 5.80. The summed E-state index contributed by atoms with van der Waals surface area (Å²) in [4.78, 5) is 28.2. The van der Waals surface area contributed by atoms with Crippen LogP contribution in [0.3, 0.4) is 0 Å². The number of rotatable bonds is 7. The van der Waals surface area contributed by atoms with Crippen molar-refractivity contribution in [2.45, 2.75) is 37.6 Å². The molecule has 0 saturated carbocycles. The van der Waals surface area contributed by atoms with Crippen molar-refractivity contribution in [3.63, 3.8) is 0 Å². The van der Waals surface area contributed by atoms with E-state index in [1.54, 1.807) is 12.1 Å². The Bertz CT molecular complexity index is 1560. The molecule has 2 saturated heterocycles. The van der Waals surface area contributed by atoms with Gasteiger partial charge in [0.25, 0.3) is 0 Å². The monoisotopic (exact) mass is 600 g/mol. The molecule has 0 bridgehead atoms. The van der Waals surface area contributed by atoms with Crippen molar-refractivity contribution in [1.29, 1.82) is 0 Å². The van der Waals surface area contributed by atoms with Gasteiger partial charge in [0.15, 0.2) is 23.0 Å². The van der Waals surface area contributed by atoms with E-state index in [4.69, 9.17) is 23.7 Å². The van der Waals surface area contributed by atoms with Crippen LogP contribution in [0.1, 0.15) is 53.5 Å². The zero-order valence-corrected chi connectivity index (χ0v) is 24.8. The maximum Gasteiger partial charge on any atom is 0.310 e. The number of hydrogen-bond donors (Lipinski definition) is 2. The summed E-state index contributed by atoms with van der Waals surface area (Å²) >= 11 is 0. The van der Waals surface area contributed by atoms with E-state index in [9.17, 15) is 14.7 Å². The van der Waals surface area contributed by atoms with E-state index in [1.165, 1.54) is 20.6 Å². The fourth-order valence-corrected chi connectivity index (χ4v) is 7.17. The first-order valence-electron chi connectivity index (χ1n) is 15.1. The maximum absolute atomic E-state index is 13.4. The summed E-state index contributed by atoms with van der Waals surface area (Å²) in [5.41, 5.74) is 4.45. The highest BCUT2D eigenvalue weighted by atomic mass is 16.7. The second-order valence-electron chi connectivity index (χ2n) is 11.8. The van der Waals surface area contributed by atoms with Gasteiger partial charge >= 0.3 is 5.97 Å². The quantitative estimate of drug-likeness (QED) is 0.370. The van der Waals surface area contributed by atoms with E-state index < -0.39 is 11.8 Å². The van der Waals surface area contributed by atoms with Gasteiger partial charge in [-0.15, -0.1) is 0 Å². The predicted molar refractivity (Wildman–Crippen MR) is 160 cm³/mol. The first-order valence-corrected chi connectivity index (χ1v) is 15.1. The van der Waals surface area contributed by atoms with Crippen molar-refractivity contribution in [3.8, 4) is 28.7 Å². The summed E-state index contributed by atoms with van der Waals surface area (Å²) < 4.78 is 28.2. The second kappa shape index (κ2) is 11.5. The Labute approximate surface area is 255 Å². The first-order chi connectivity index (χ1) is 21.4. The second-order valence-corrected chi connectivity index (χ2v) is 11.8. The number of likely N-dealkylation sites (tertiary alicyclic amines) is 1. The van der Waals surface area contributed by atoms with Gasteiger partial charge in [0, 0.05) is 30.6 Å². The van der Waals surface area contributed by atoms with Crippen molar-refractivity contribution in [2.24, 2.45) is 11.8 Å². The largest absolute Gasteiger partial charge is 0.502 e. The summed E-state index contributed by atoms with van der Waals surface area (Å²) in [6.45, 7) is 2.05. The molecule has 10 heteroatoms.